The van der Waals surface area contributed by atoms with E-state index >= 15 is 0 Å². The van der Waals surface area contributed by atoms with Gasteiger partial charge in [-0.2, -0.15) is 13.2 Å². The molecule has 0 atom stereocenters. The normalized spacial score (nSPS) is 12.6. The Labute approximate surface area is 141 Å². The maximum absolute atomic E-state index is 12.7. The van der Waals surface area contributed by atoms with E-state index in [0.29, 0.717) is 10.2 Å². The number of nitrogens with one attached hydrogen (secondary N) is 1. The van der Waals surface area contributed by atoms with Crippen LogP contribution in [0.15, 0.2) is 29.1 Å². The molecule has 0 saturated carbocycles. The van der Waals surface area contributed by atoms with E-state index in [1.165, 1.54) is 15.7 Å². The summed E-state index contributed by atoms with van der Waals surface area (Å²) in [4.78, 5) is 12.7. The average Bonchev–Trinajstić information content (AvgIpc) is 3.07. The third-order valence-electron chi connectivity index (χ3n) is 3.75. The molecule has 0 bridgehead atoms. The molecule has 10 heteroatoms. The molecule has 0 saturated heterocycles. The molecule has 0 amide bonds. The Morgan fingerprint density at radius 1 is 1.29 bits per heavy atom. The highest BCUT2D eigenvalue weighted by Crippen LogP contribution is 2.32. The minimum absolute atomic E-state index is 0.0882. The lowest BCUT2D eigenvalue weighted by molar-refractivity contribution is -0.136. The minimum Gasteiger partial charge on any atom is -0.275 e. The molecule has 5 nitrogen and oxygen atoms in total. The number of nitrogens with zero attached hydrogens (tertiary/aromatic N) is 3. The van der Waals surface area contributed by atoms with E-state index in [1.807, 2.05) is 24.3 Å². The minimum atomic E-state index is -4.36. The average molecular weight is 370 g/mol. The van der Waals surface area contributed by atoms with Gasteiger partial charge in [0.25, 0.3) is 5.56 Å². The van der Waals surface area contributed by atoms with Crippen molar-refractivity contribution < 1.29 is 13.2 Å². The van der Waals surface area contributed by atoms with Crippen LogP contribution >= 0.6 is 23.6 Å². The topological polar surface area (TPSA) is 55.1 Å². The maximum atomic E-state index is 12.7. The van der Waals surface area contributed by atoms with Crippen molar-refractivity contribution in [2.45, 2.75) is 19.1 Å². The highest BCUT2D eigenvalue weighted by molar-refractivity contribution is 7.71. The third-order valence-corrected chi connectivity index (χ3v) is 5.17. The molecule has 0 aliphatic heterocycles. The number of aromatic amines is 1. The number of hydrogen-bond donors (Lipinski definition) is 1. The van der Waals surface area contributed by atoms with Crippen LogP contribution in [0, 0.1) is 4.77 Å². The van der Waals surface area contributed by atoms with Crippen molar-refractivity contribution in [3.63, 3.8) is 0 Å². The van der Waals surface area contributed by atoms with Crippen molar-refractivity contribution in [2.24, 2.45) is 0 Å². The molecule has 1 aromatic carbocycles. The largest absolute Gasteiger partial charge is 0.390 e. The van der Waals surface area contributed by atoms with Gasteiger partial charge < -0.3 is 0 Å². The van der Waals surface area contributed by atoms with E-state index in [0.717, 1.165) is 14.7 Å². The van der Waals surface area contributed by atoms with Gasteiger partial charge in [-0.3, -0.25) is 13.8 Å². The Bertz CT molecular complexity index is 1200. The Morgan fingerprint density at radius 3 is 2.79 bits per heavy atom. The molecule has 124 valence electrons. The zero-order valence-corrected chi connectivity index (χ0v) is 13.6. The quantitative estimate of drug-likeness (QED) is 0.545. The van der Waals surface area contributed by atoms with Gasteiger partial charge in [-0.05, 0) is 18.3 Å². The lowest BCUT2D eigenvalue weighted by atomic mass is 10.2. The highest BCUT2D eigenvalue weighted by atomic mass is 32.1. The van der Waals surface area contributed by atoms with E-state index in [9.17, 15) is 18.0 Å². The molecule has 0 unspecified atom stereocenters. The molecule has 0 radical (unpaired) electrons. The molecule has 3 heterocycles. The first-order valence-corrected chi connectivity index (χ1v) is 8.17. The monoisotopic (exact) mass is 370 g/mol. The summed E-state index contributed by atoms with van der Waals surface area (Å²) in [5.41, 5.74) is 0.0922. The van der Waals surface area contributed by atoms with Gasteiger partial charge >= 0.3 is 6.18 Å². The Morgan fingerprint density at radius 2 is 2.04 bits per heavy atom. The fourth-order valence-corrected chi connectivity index (χ4v) is 4.08. The Kier molecular flexibility index (Phi) is 3.29. The second-order valence-corrected chi connectivity index (χ2v) is 6.70. The Hall–Kier alpha value is -2.20. The van der Waals surface area contributed by atoms with Crippen LogP contribution in [0.2, 0.25) is 0 Å². The SMILES string of the molecule is O=c1c2sc3ccccc3c2n2c(=S)[nH]nc2n1CCC(F)(F)F. The van der Waals surface area contributed by atoms with E-state index < -0.39 is 24.7 Å². The number of rotatable bonds is 2. The van der Waals surface area contributed by atoms with E-state index in [4.69, 9.17) is 12.2 Å². The van der Waals surface area contributed by atoms with Gasteiger partial charge in [0.1, 0.15) is 4.70 Å². The van der Waals surface area contributed by atoms with Gasteiger partial charge in [0.05, 0.1) is 11.9 Å². The summed E-state index contributed by atoms with van der Waals surface area (Å²) in [5, 5.41) is 7.35. The first-order valence-electron chi connectivity index (χ1n) is 6.95. The summed E-state index contributed by atoms with van der Waals surface area (Å²) in [6, 6.07) is 7.38. The first kappa shape index (κ1) is 15.3. The molecule has 4 rings (SSSR count). The molecular formula is C14H9F3N4OS2. The summed E-state index contributed by atoms with van der Waals surface area (Å²) in [6.07, 6.45) is -5.47. The number of benzene rings is 1. The highest BCUT2D eigenvalue weighted by Gasteiger charge is 2.28. The van der Waals surface area contributed by atoms with Gasteiger partial charge in [0, 0.05) is 16.6 Å². The molecule has 4 aromatic rings. The second kappa shape index (κ2) is 5.15. The van der Waals surface area contributed by atoms with Gasteiger partial charge in [-0.15, -0.1) is 16.4 Å². The van der Waals surface area contributed by atoms with Crippen LogP contribution in [0.4, 0.5) is 13.2 Å². The molecule has 0 spiro atoms. The molecule has 0 fully saturated rings. The van der Waals surface area contributed by atoms with E-state index in [2.05, 4.69) is 10.2 Å². The van der Waals surface area contributed by atoms with Crippen LogP contribution in [0.25, 0.3) is 26.1 Å². The van der Waals surface area contributed by atoms with Crippen LogP contribution < -0.4 is 5.56 Å². The molecule has 3 aromatic heterocycles. The number of aryl methyl sites for hydroxylation is 1. The fraction of sp³-hybridized carbons (Fsp3) is 0.214. The number of hydrogen-bond acceptors (Lipinski definition) is 4. The van der Waals surface area contributed by atoms with Crippen LogP contribution in [-0.4, -0.2) is 25.3 Å². The molecule has 0 aliphatic carbocycles. The first-order chi connectivity index (χ1) is 11.4. The van der Waals surface area contributed by atoms with Crippen molar-refractivity contribution in [1.82, 2.24) is 19.2 Å². The van der Waals surface area contributed by atoms with Crippen molar-refractivity contribution >= 4 is 49.6 Å². The summed E-state index contributed by atoms with van der Waals surface area (Å²) in [5.74, 6) is 0.0882. The number of alkyl halides is 3. The van der Waals surface area contributed by atoms with Crippen LogP contribution in [0.1, 0.15) is 6.42 Å². The number of aromatic nitrogens is 4. The lowest BCUT2D eigenvalue weighted by Gasteiger charge is -2.10. The molecular weight excluding hydrogens is 361 g/mol. The van der Waals surface area contributed by atoms with Gasteiger partial charge in [-0.1, -0.05) is 18.2 Å². The zero-order chi connectivity index (χ0) is 17.1. The van der Waals surface area contributed by atoms with E-state index in [-0.39, 0.29) is 10.5 Å². The predicted molar refractivity (Wildman–Crippen MR) is 88.2 cm³/mol. The maximum Gasteiger partial charge on any atom is 0.390 e. The Balaban J connectivity index is 2.14. The number of halogens is 3. The summed E-state index contributed by atoms with van der Waals surface area (Å²) in [6.45, 7) is -0.504. The molecule has 0 aliphatic rings. The van der Waals surface area contributed by atoms with Crippen molar-refractivity contribution in [2.75, 3.05) is 0 Å². The standard InChI is InChI=1S/C14H9F3N4OS2/c15-14(16,17)5-6-20-11(22)10-9(21-12(20)18-19-13(21)23)7-3-1-2-4-8(7)24-10/h1-4H,5-6H2,(H,19,23). The summed E-state index contributed by atoms with van der Waals surface area (Å²) >= 11 is 6.46. The third kappa shape index (κ3) is 2.25. The second-order valence-electron chi connectivity index (χ2n) is 5.26. The molecule has 1 N–H and O–H groups in total. The summed E-state index contributed by atoms with van der Waals surface area (Å²) < 4.78 is 41.8. The summed E-state index contributed by atoms with van der Waals surface area (Å²) in [7, 11) is 0. The van der Waals surface area contributed by atoms with Gasteiger partial charge in [0.2, 0.25) is 10.5 Å². The van der Waals surface area contributed by atoms with Crippen molar-refractivity contribution in [3.8, 4) is 0 Å². The van der Waals surface area contributed by atoms with Crippen LogP contribution in [0.5, 0.6) is 0 Å². The lowest BCUT2D eigenvalue weighted by Crippen LogP contribution is -2.25. The fourth-order valence-electron chi connectivity index (χ4n) is 2.72. The predicted octanol–water partition coefficient (Wildman–Crippen LogP) is 3.87. The van der Waals surface area contributed by atoms with Gasteiger partial charge in [-0.25, -0.2) is 5.10 Å². The number of fused-ring (bicyclic) bond motifs is 5. The van der Waals surface area contributed by atoms with Crippen LogP contribution in [-0.2, 0) is 6.54 Å². The van der Waals surface area contributed by atoms with Crippen molar-refractivity contribution in [1.29, 1.82) is 0 Å². The number of thiophene rings is 1. The molecule has 24 heavy (non-hydrogen) atoms. The smallest absolute Gasteiger partial charge is 0.275 e. The van der Waals surface area contributed by atoms with E-state index in [1.54, 1.807) is 0 Å². The van der Waals surface area contributed by atoms with Crippen LogP contribution in [0.3, 0.4) is 0 Å². The zero-order valence-electron chi connectivity index (χ0n) is 11.9. The van der Waals surface area contributed by atoms with Gasteiger partial charge in [0.15, 0.2) is 0 Å². The van der Waals surface area contributed by atoms with Crippen molar-refractivity contribution in [3.05, 3.63) is 39.4 Å². The number of H-pyrrole nitrogens is 1.